The van der Waals surface area contributed by atoms with Gasteiger partial charge in [-0.1, -0.05) is 6.92 Å². The minimum absolute atomic E-state index is 0.00298. The van der Waals surface area contributed by atoms with Crippen LogP contribution in [0, 0.1) is 5.92 Å². The lowest BCUT2D eigenvalue weighted by Crippen LogP contribution is -2.31. The van der Waals surface area contributed by atoms with Gasteiger partial charge in [0.05, 0.1) is 4.90 Å². The third-order valence-corrected chi connectivity index (χ3v) is 7.06. The van der Waals surface area contributed by atoms with E-state index in [1.807, 2.05) is 0 Å². The average molecular weight is 365 g/mol. The van der Waals surface area contributed by atoms with Gasteiger partial charge >= 0.3 is 0 Å². The molecular weight excluding hydrogens is 338 g/mol. The van der Waals surface area contributed by atoms with Gasteiger partial charge < -0.3 is 10.2 Å². The van der Waals surface area contributed by atoms with Crippen LogP contribution in [0.1, 0.15) is 31.7 Å². The lowest BCUT2D eigenvalue weighted by Gasteiger charge is -2.20. The number of anilines is 1. The molecule has 0 aromatic heterocycles. The van der Waals surface area contributed by atoms with Gasteiger partial charge in [0, 0.05) is 31.7 Å². The van der Waals surface area contributed by atoms with Crippen molar-refractivity contribution in [1.82, 2.24) is 9.21 Å². The van der Waals surface area contributed by atoms with E-state index in [9.17, 15) is 13.2 Å². The standard InChI is InChI=1S/C18H27N3O3S/c1-3-20(2)12-14-9-10-21(13-14)25(23,24)16-7-8-17-15(11-16)5-4-6-18(22)19-17/h7-8,11,14H,3-6,9-10,12-13H2,1-2H3,(H,19,22). The third-order valence-electron chi connectivity index (χ3n) is 5.20. The minimum Gasteiger partial charge on any atom is -0.326 e. The zero-order valence-corrected chi connectivity index (χ0v) is 15.8. The fourth-order valence-corrected chi connectivity index (χ4v) is 5.18. The molecule has 0 saturated carbocycles. The van der Waals surface area contributed by atoms with Gasteiger partial charge in [0.15, 0.2) is 0 Å². The molecule has 1 fully saturated rings. The molecule has 0 radical (unpaired) electrons. The summed E-state index contributed by atoms with van der Waals surface area (Å²) in [5.41, 5.74) is 1.65. The van der Waals surface area contributed by atoms with Crippen molar-refractivity contribution in [3.05, 3.63) is 23.8 Å². The number of hydrogen-bond donors (Lipinski definition) is 1. The number of nitrogens with one attached hydrogen (secondary N) is 1. The molecule has 2 aliphatic rings. The van der Waals surface area contributed by atoms with Crippen molar-refractivity contribution in [2.24, 2.45) is 5.92 Å². The SMILES string of the molecule is CCN(C)CC1CCN(S(=O)(=O)c2ccc3c(c2)CCCC(=O)N3)C1. The van der Waals surface area contributed by atoms with Crippen LogP contribution >= 0.6 is 0 Å². The molecule has 0 aliphatic carbocycles. The van der Waals surface area contributed by atoms with E-state index >= 15 is 0 Å². The summed E-state index contributed by atoms with van der Waals surface area (Å²) in [6.45, 7) is 5.18. The van der Waals surface area contributed by atoms with Gasteiger partial charge in [0.1, 0.15) is 0 Å². The maximum atomic E-state index is 13.0. The molecular formula is C18H27N3O3S. The first-order valence-corrected chi connectivity index (χ1v) is 10.5. The Bertz CT molecular complexity index is 748. The Morgan fingerprint density at radius 1 is 1.32 bits per heavy atom. The van der Waals surface area contributed by atoms with E-state index in [0.717, 1.165) is 43.6 Å². The Morgan fingerprint density at radius 2 is 2.12 bits per heavy atom. The van der Waals surface area contributed by atoms with Crippen LogP contribution in [0.2, 0.25) is 0 Å². The van der Waals surface area contributed by atoms with Gasteiger partial charge in [-0.15, -0.1) is 0 Å². The van der Waals surface area contributed by atoms with Crippen molar-refractivity contribution in [3.63, 3.8) is 0 Å². The van der Waals surface area contributed by atoms with Crippen molar-refractivity contribution < 1.29 is 13.2 Å². The highest BCUT2D eigenvalue weighted by molar-refractivity contribution is 7.89. The van der Waals surface area contributed by atoms with Crippen molar-refractivity contribution in [3.8, 4) is 0 Å². The summed E-state index contributed by atoms with van der Waals surface area (Å²) in [5.74, 6) is 0.386. The third kappa shape index (κ3) is 4.04. The smallest absolute Gasteiger partial charge is 0.243 e. The van der Waals surface area contributed by atoms with E-state index < -0.39 is 10.0 Å². The number of fused-ring (bicyclic) bond motifs is 1. The van der Waals surface area contributed by atoms with Crippen LogP contribution in [0.3, 0.4) is 0 Å². The molecule has 0 bridgehead atoms. The van der Waals surface area contributed by atoms with Crippen LogP contribution in [0.5, 0.6) is 0 Å². The molecule has 1 aromatic rings. The monoisotopic (exact) mass is 365 g/mol. The summed E-state index contributed by atoms with van der Waals surface area (Å²) in [6, 6.07) is 5.08. The molecule has 1 unspecified atom stereocenters. The Kier molecular flexibility index (Phi) is 5.46. The van der Waals surface area contributed by atoms with Crippen molar-refractivity contribution in [1.29, 1.82) is 0 Å². The fourth-order valence-electron chi connectivity index (χ4n) is 3.59. The highest BCUT2D eigenvalue weighted by Crippen LogP contribution is 2.29. The lowest BCUT2D eigenvalue weighted by atomic mass is 10.1. The van der Waals surface area contributed by atoms with E-state index in [0.29, 0.717) is 30.3 Å². The van der Waals surface area contributed by atoms with Crippen LogP contribution in [0.4, 0.5) is 5.69 Å². The summed E-state index contributed by atoms with van der Waals surface area (Å²) >= 11 is 0. The molecule has 0 spiro atoms. The maximum Gasteiger partial charge on any atom is 0.243 e. The molecule has 1 atom stereocenters. The average Bonchev–Trinajstić information content (AvgIpc) is 2.96. The van der Waals surface area contributed by atoms with E-state index in [1.54, 1.807) is 22.5 Å². The van der Waals surface area contributed by atoms with Crippen molar-refractivity contribution in [2.75, 3.05) is 38.5 Å². The van der Waals surface area contributed by atoms with Crippen LogP contribution in [-0.2, 0) is 21.2 Å². The fraction of sp³-hybridized carbons (Fsp3) is 0.611. The number of benzene rings is 1. The van der Waals surface area contributed by atoms with Gasteiger partial charge in [-0.2, -0.15) is 4.31 Å². The summed E-state index contributed by atoms with van der Waals surface area (Å²) in [7, 11) is -1.40. The second-order valence-electron chi connectivity index (χ2n) is 7.09. The van der Waals surface area contributed by atoms with Crippen molar-refractivity contribution in [2.45, 2.75) is 37.5 Å². The Hall–Kier alpha value is -1.44. The number of aryl methyl sites for hydroxylation is 1. The second kappa shape index (κ2) is 7.43. The zero-order valence-electron chi connectivity index (χ0n) is 15.0. The first-order chi connectivity index (χ1) is 11.9. The van der Waals surface area contributed by atoms with E-state index in [2.05, 4.69) is 24.2 Å². The summed E-state index contributed by atoms with van der Waals surface area (Å²) in [5, 5.41) is 2.85. The molecule has 1 aromatic carbocycles. The number of rotatable bonds is 5. The molecule has 1 saturated heterocycles. The lowest BCUT2D eigenvalue weighted by molar-refractivity contribution is -0.116. The molecule has 25 heavy (non-hydrogen) atoms. The van der Waals surface area contributed by atoms with Gasteiger partial charge in [0.2, 0.25) is 15.9 Å². The molecule has 6 nitrogen and oxygen atoms in total. The first-order valence-electron chi connectivity index (χ1n) is 9.01. The molecule has 2 aliphatic heterocycles. The number of amides is 1. The molecule has 3 rings (SSSR count). The predicted octanol–water partition coefficient (Wildman–Crippen LogP) is 1.92. The van der Waals surface area contributed by atoms with Crippen LogP contribution in [-0.4, -0.2) is 56.8 Å². The second-order valence-corrected chi connectivity index (χ2v) is 9.03. The Balaban J connectivity index is 1.77. The number of carbonyl (C=O) groups excluding carboxylic acids is 1. The van der Waals surface area contributed by atoms with Gasteiger partial charge in [0.25, 0.3) is 0 Å². The Labute approximate surface area is 150 Å². The number of carbonyl (C=O) groups is 1. The normalized spacial score (nSPS) is 21.9. The minimum atomic E-state index is -3.47. The number of nitrogens with zero attached hydrogens (tertiary/aromatic N) is 2. The van der Waals surface area contributed by atoms with Crippen LogP contribution < -0.4 is 5.32 Å². The maximum absolute atomic E-state index is 13.0. The quantitative estimate of drug-likeness (QED) is 0.866. The first kappa shape index (κ1) is 18.4. The summed E-state index contributed by atoms with van der Waals surface area (Å²) < 4.78 is 27.6. The Morgan fingerprint density at radius 3 is 2.88 bits per heavy atom. The molecule has 138 valence electrons. The van der Waals surface area contributed by atoms with E-state index in [-0.39, 0.29) is 5.91 Å². The zero-order chi connectivity index (χ0) is 18.0. The molecule has 1 N–H and O–H groups in total. The predicted molar refractivity (Wildman–Crippen MR) is 98.0 cm³/mol. The molecule has 7 heteroatoms. The number of hydrogen-bond acceptors (Lipinski definition) is 4. The largest absolute Gasteiger partial charge is 0.326 e. The topological polar surface area (TPSA) is 69.7 Å². The van der Waals surface area contributed by atoms with E-state index in [1.165, 1.54) is 0 Å². The van der Waals surface area contributed by atoms with Gasteiger partial charge in [-0.3, -0.25) is 4.79 Å². The summed E-state index contributed by atoms with van der Waals surface area (Å²) in [4.78, 5) is 14.2. The van der Waals surface area contributed by atoms with Gasteiger partial charge in [-0.25, -0.2) is 8.42 Å². The molecule has 2 heterocycles. The number of sulfonamides is 1. The highest BCUT2D eigenvalue weighted by Gasteiger charge is 2.33. The highest BCUT2D eigenvalue weighted by atomic mass is 32.2. The summed E-state index contributed by atoms with van der Waals surface area (Å²) in [6.07, 6.45) is 2.86. The van der Waals surface area contributed by atoms with Gasteiger partial charge in [-0.05, 0) is 62.5 Å². The van der Waals surface area contributed by atoms with Crippen LogP contribution in [0.25, 0.3) is 0 Å². The van der Waals surface area contributed by atoms with Crippen molar-refractivity contribution >= 4 is 21.6 Å². The van der Waals surface area contributed by atoms with E-state index in [4.69, 9.17) is 0 Å². The van der Waals surface area contributed by atoms with Crippen LogP contribution in [0.15, 0.2) is 23.1 Å². The molecule has 1 amide bonds.